The SMILES string of the molecule is CCNC(=O)C(C)NS(=O)(=O)c1ccc(Br)c(N)c1. The van der Waals surface area contributed by atoms with Crippen molar-refractivity contribution in [2.75, 3.05) is 12.3 Å². The molecule has 0 radical (unpaired) electrons. The molecule has 0 spiro atoms. The number of carbonyl (C=O) groups excluding carboxylic acids is 1. The fourth-order valence-corrected chi connectivity index (χ4v) is 2.86. The Morgan fingerprint density at radius 1 is 1.47 bits per heavy atom. The number of nitrogen functional groups attached to an aromatic ring is 1. The molecule has 4 N–H and O–H groups in total. The predicted molar refractivity (Wildman–Crippen MR) is 77.0 cm³/mol. The van der Waals surface area contributed by atoms with Crippen LogP contribution in [0.4, 0.5) is 5.69 Å². The maximum atomic E-state index is 12.1. The second-order valence-electron chi connectivity index (χ2n) is 3.92. The molecule has 0 saturated carbocycles. The average molecular weight is 350 g/mol. The summed E-state index contributed by atoms with van der Waals surface area (Å²) in [5.41, 5.74) is 5.95. The van der Waals surface area contributed by atoms with Crippen molar-refractivity contribution in [1.82, 2.24) is 10.0 Å². The molecule has 1 atom stereocenters. The largest absolute Gasteiger partial charge is 0.398 e. The van der Waals surface area contributed by atoms with Crippen molar-refractivity contribution in [1.29, 1.82) is 0 Å². The Hall–Kier alpha value is -1.12. The molecule has 1 aromatic rings. The Morgan fingerprint density at radius 2 is 2.11 bits per heavy atom. The summed E-state index contributed by atoms with van der Waals surface area (Å²) in [6, 6.07) is 3.43. The third kappa shape index (κ3) is 4.19. The summed E-state index contributed by atoms with van der Waals surface area (Å²) in [6.45, 7) is 3.68. The van der Waals surface area contributed by atoms with Gasteiger partial charge in [0.25, 0.3) is 0 Å². The zero-order chi connectivity index (χ0) is 14.6. The first kappa shape index (κ1) is 15.9. The van der Waals surface area contributed by atoms with Crippen LogP contribution in [-0.4, -0.2) is 26.9 Å². The van der Waals surface area contributed by atoms with Crippen LogP contribution >= 0.6 is 15.9 Å². The molecule has 106 valence electrons. The van der Waals surface area contributed by atoms with Gasteiger partial charge in [0.15, 0.2) is 0 Å². The van der Waals surface area contributed by atoms with Gasteiger partial charge in [-0.3, -0.25) is 4.79 Å². The molecule has 6 nitrogen and oxygen atoms in total. The van der Waals surface area contributed by atoms with Crippen molar-refractivity contribution in [2.45, 2.75) is 24.8 Å². The van der Waals surface area contributed by atoms with Gasteiger partial charge in [0.05, 0.1) is 10.9 Å². The molecular weight excluding hydrogens is 334 g/mol. The fraction of sp³-hybridized carbons (Fsp3) is 0.364. The minimum atomic E-state index is -3.77. The van der Waals surface area contributed by atoms with Crippen LogP contribution in [0.3, 0.4) is 0 Å². The van der Waals surface area contributed by atoms with Crippen molar-refractivity contribution in [3.05, 3.63) is 22.7 Å². The van der Waals surface area contributed by atoms with Crippen LogP contribution in [-0.2, 0) is 14.8 Å². The Labute approximate surface area is 120 Å². The van der Waals surface area contributed by atoms with Gasteiger partial charge in [-0.2, -0.15) is 4.72 Å². The van der Waals surface area contributed by atoms with Crippen molar-refractivity contribution in [2.24, 2.45) is 0 Å². The molecule has 0 heterocycles. The van der Waals surface area contributed by atoms with E-state index in [1.807, 2.05) is 0 Å². The first-order valence-corrected chi connectivity index (χ1v) is 7.90. The van der Waals surface area contributed by atoms with Gasteiger partial charge < -0.3 is 11.1 Å². The molecule has 1 unspecified atom stereocenters. The Morgan fingerprint density at radius 3 is 2.63 bits per heavy atom. The normalized spacial score (nSPS) is 13.0. The molecule has 0 aromatic heterocycles. The van der Waals surface area contributed by atoms with Crippen LogP contribution in [0.2, 0.25) is 0 Å². The lowest BCUT2D eigenvalue weighted by Gasteiger charge is -2.14. The summed E-state index contributed by atoms with van der Waals surface area (Å²) in [5.74, 6) is -0.379. The third-order valence-electron chi connectivity index (χ3n) is 2.35. The highest BCUT2D eigenvalue weighted by molar-refractivity contribution is 9.10. The lowest BCUT2D eigenvalue weighted by Crippen LogP contribution is -2.44. The van der Waals surface area contributed by atoms with E-state index < -0.39 is 16.1 Å². The zero-order valence-electron chi connectivity index (χ0n) is 10.6. The number of hydrogen-bond donors (Lipinski definition) is 3. The predicted octanol–water partition coefficient (Wildman–Crippen LogP) is 0.834. The van der Waals surface area contributed by atoms with Crippen LogP contribution in [0.1, 0.15) is 13.8 Å². The van der Waals surface area contributed by atoms with Crippen molar-refractivity contribution >= 4 is 37.5 Å². The molecule has 0 aliphatic carbocycles. The number of rotatable bonds is 5. The summed E-state index contributed by atoms with van der Waals surface area (Å²) in [6.07, 6.45) is 0. The average Bonchev–Trinajstić information content (AvgIpc) is 2.32. The number of amides is 1. The lowest BCUT2D eigenvalue weighted by atomic mass is 10.3. The Bertz CT molecular complexity index is 575. The fourth-order valence-electron chi connectivity index (χ4n) is 1.37. The van der Waals surface area contributed by atoms with E-state index in [0.717, 1.165) is 0 Å². The van der Waals surface area contributed by atoms with Crippen LogP contribution in [0.5, 0.6) is 0 Å². The van der Waals surface area contributed by atoms with E-state index in [4.69, 9.17) is 5.73 Å². The van der Waals surface area contributed by atoms with Crippen molar-refractivity contribution < 1.29 is 13.2 Å². The number of halogens is 1. The van der Waals surface area contributed by atoms with Gasteiger partial charge in [0.1, 0.15) is 0 Å². The number of carbonyl (C=O) groups is 1. The van der Waals surface area contributed by atoms with Gasteiger partial charge >= 0.3 is 0 Å². The molecule has 0 fully saturated rings. The van der Waals surface area contributed by atoms with E-state index in [0.29, 0.717) is 16.7 Å². The Kier molecular flexibility index (Phi) is 5.33. The topological polar surface area (TPSA) is 101 Å². The number of anilines is 1. The van der Waals surface area contributed by atoms with Crippen LogP contribution in [0.25, 0.3) is 0 Å². The van der Waals surface area contributed by atoms with E-state index >= 15 is 0 Å². The molecule has 0 aliphatic heterocycles. The molecule has 0 saturated heterocycles. The number of likely N-dealkylation sites (N-methyl/N-ethyl adjacent to an activating group) is 1. The van der Waals surface area contributed by atoms with E-state index in [1.165, 1.54) is 19.1 Å². The van der Waals surface area contributed by atoms with Gasteiger partial charge in [-0.1, -0.05) is 0 Å². The number of nitrogens with two attached hydrogens (primary N) is 1. The van der Waals surface area contributed by atoms with Gasteiger partial charge in [-0.15, -0.1) is 0 Å². The second kappa shape index (κ2) is 6.36. The zero-order valence-corrected chi connectivity index (χ0v) is 13.0. The first-order valence-electron chi connectivity index (χ1n) is 5.63. The number of hydrogen-bond acceptors (Lipinski definition) is 4. The van der Waals surface area contributed by atoms with E-state index in [1.54, 1.807) is 13.0 Å². The minimum absolute atomic E-state index is 0.0179. The third-order valence-corrected chi connectivity index (χ3v) is 4.61. The molecule has 0 bridgehead atoms. The smallest absolute Gasteiger partial charge is 0.241 e. The number of sulfonamides is 1. The standard InChI is InChI=1S/C11H16BrN3O3S/c1-3-14-11(16)7(2)15-19(17,18)8-4-5-9(12)10(13)6-8/h4-7,15H,3,13H2,1-2H3,(H,14,16). The van der Waals surface area contributed by atoms with Gasteiger partial charge in [-0.25, -0.2) is 8.42 Å². The van der Waals surface area contributed by atoms with Gasteiger partial charge in [0.2, 0.25) is 15.9 Å². The molecule has 19 heavy (non-hydrogen) atoms. The highest BCUT2D eigenvalue weighted by Gasteiger charge is 2.22. The molecule has 1 amide bonds. The van der Waals surface area contributed by atoms with Gasteiger partial charge in [0, 0.05) is 16.7 Å². The maximum Gasteiger partial charge on any atom is 0.241 e. The van der Waals surface area contributed by atoms with Crippen LogP contribution < -0.4 is 15.8 Å². The monoisotopic (exact) mass is 349 g/mol. The molecule has 0 aliphatic rings. The maximum absolute atomic E-state index is 12.1. The van der Waals surface area contributed by atoms with E-state index in [-0.39, 0.29) is 10.8 Å². The number of benzene rings is 1. The molecule has 8 heteroatoms. The first-order chi connectivity index (χ1) is 8.77. The van der Waals surface area contributed by atoms with Crippen molar-refractivity contribution in [3.63, 3.8) is 0 Å². The lowest BCUT2D eigenvalue weighted by molar-refractivity contribution is -0.122. The quantitative estimate of drug-likeness (QED) is 0.685. The summed E-state index contributed by atoms with van der Waals surface area (Å²) >= 11 is 3.19. The molecule has 1 aromatic carbocycles. The Balaban J connectivity index is 2.92. The second-order valence-corrected chi connectivity index (χ2v) is 6.49. The summed E-state index contributed by atoms with van der Waals surface area (Å²) in [4.78, 5) is 11.5. The van der Waals surface area contributed by atoms with Crippen LogP contribution in [0, 0.1) is 0 Å². The number of nitrogens with one attached hydrogen (secondary N) is 2. The summed E-state index contributed by atoms with van der Waals surface area (Å²) in [5, 5.41) is 2.54. The highest BCUT2D eigenvalue weighted by Crippen LogP contribution is 2.22. The van der Waals surface area contributed by atoms with E-state index in [2.05, 4.69) is 26.0 Å². The molecular formula is C11H16BrN3O3S. The van der Waals surface area contributed by atoms with Crippen molar-refractivity contribution in [3.8, 4) is 0 Å². The van der Waals surface area contributed by atoms with E-state index in [9.17, 15) is 13.2 Å². The summed E-state index contributed by atoms with van der Waals surface area (Å²) < 4.78 is 27.0. The van der Waals surface area contributed by atoms with Gasteiger partial charge in [-0.05, 0) is 48.0 Å². The van der Waals surface area contributed by atoms with Crippen LogP contribution in [0.15, 0.2) is 27.6 Å². The summed E-state index contributed by atoms with van der Waals surface area (Å²) in [7, 11) is -3.77. The molecule has 1 rings (SSSR count). The highest BCUT2D eigenvalue weighted by atomic mass is 79.9. The minimum Gasteiger partial charge on any atom is -0.398 e.